The zero-order valence-corrected chi connectivity index (χ0v) is 12.3. The monoisotopic (exact) mass is 298 g/mol. The Morgan fingerprint density at radius 2 is 1.55 bits per heavy atom. The number of carbonyl (C=O) groups excluding carboxylic acids is 3. The van der Waals surface area contributed by atoms with E-state index >= 15 is 0 Å². The van der Waals surface area contributed by atoms with Gasteiger partial charge in [-0.1, -0.05) is 12.1 Å². The normalized spacial score (nSPS) is 26.5. The number of imide groups is 1. The molecule has 1 aliphatic carbocycles. The Balaban J connectivity index is 1.64. The zero-order valence-electron chi connectivity index (χ0n) is 12.3. The average molecular weight is 298 g/mol. The Kier molecular flexibility index (Phi) is 2.86. The smallest absolute Gasteiger partial charge is 0.262 e. The van der Waals surface area contributed by atoms with Gasteiger partial charge < -0.3 is 5.32 Å². The molecule has 0 bridgehead atoms. The maximum atomic E-state index is 12.6. The van der Waals surface area contributed by atoms with Crippen molar-refractivity contribution in [3.05, 3.63) is 35.4 Å². The first-order valence-electron chi connectivity index (χ1n) is 7.90. The van der Waals surface area contributed by atoms with Crippen molar-refractivity contribution >= 4 is 17.7 Å². The van der Waals surface area contributed by atoms with Crippen molar-refractivity contribution in [2.24, 2.45) is 0 Å². The molecule has 1 unspecified atom stereocenters. The van der Waals surface area contributed by atoms with E-state index in [1.807, 2.05) is 0 Å². The molecule has 2 heterocycles. The third kappa shape index (κ3) is 1.81. The molecule has 1 saturated carbocycles. The molecule has 4 rings (SSSR count). The van der Waals surface area contributed by atoms with Crippen LogP contribution >= 0.6 is 0 Å². The summed E-state index contributed by atoms with van der Waals surface area (Å²) in [4.78, 5) is 38.8. The van der Waals surface area contributed by atoms with E-state index < -0.39 is 6.04 Å². The molecule has 3 amide bonds. The van der Waals surface area contributed by atoms with E-state index in [4.69, 9.17) is 0 Å². The first-order chi connectivity index (χ1) is 10.6. The first kappa shape index (κ1) is 13.5. The van der Waals surface area contributed by atoms with Gasteiger partial charge in [-0.05, 0) is 50.7 Å². The predicted molar refractivity (Wildman–Crippen MR) is 79.3 cm³/mol. The van der Waals surface area contributed by atoms with Gasteiger partial charge in [-0.25, -0.2) is 0 Å². The van der Waals surface area contributed by atoms with Crippen LogP contribution in [0.3, 0.4) is 0 Å². The molecular weight excluding hydrogens is 280 g/mol. The van der Waals surface area contributed by atoms with E-state index in [0.717, 1.165) is 37.0 Å². The van der Waals surface area contributed by atoms with Crippen LogP contribution in [0.2, 0.25) is 0 Å². The molecule has 2 aliphatic heterocycles. The Labute approximate surface area is 128 Å². The molecule has 0 aromatic heterocycles. The molecule has 5 nitrogen and oxygen atoms in total. The molecule has 22 heavy (non-hydrogen) atoms. The lowest BCUT2D eigenvalue weighted by Crippen LogP contribution is -2.57. The van der Waals surface area contributed by atoms with Crippen molar-refractivity contribution in [2.45, 2.75) is 50.1 Å². The molecule has 0 radical (unpaired) electrons. The molecule has 5 heteroatoms. The van der Waals surface area contributed by atoms with Gasteiger partial charge in [0.05, 0.1) is 11.1 Å². The van der Waals surface area contributed by atoms with Gasteiger partial charge in [-0.2, -0.15) is 0 Å². The highest BCUT2D eigenvalue weighted by atomic mass is 16.2. The summed E-state index contributed by atoms with van der Waals surface area (Å²) in [7, 11) is 0. The lowest BCUT2D eigenvalue weighted by molar-refractivity contribution is -0.127. The summed E-state index contributed by atoms with van der Waals surface area (Å²) in [5, 5.41) is 3.10. The maximum absolute atomic E-state index is 12.6. The Morgan fingerprint density at radius 1 is 0.955 bits per heavy atom. The summed E-state index contributed by atoms with van der Waals surface area (Å²) in [6, 6.07) is 6.11. The zero-order chi connectivity index (χ0) is 15.3. The molecule has 1 spiro atoms. The number of nitrogens with zero attached hydrogens (tertiary/aromatic N) is 1. The van der Waals surface area contributed by atoms with Crippen molar-refractivity contribution in [2.75, 3.05) is 0 Å². The number of hydrogen-bond acceptors (Lipinski definition) is 3. The second-order valence-corrected chi connectivity index (χ2v) is 6.56. The second kappa shape index (κ2) is 4.66. The highest BCUT2D eigenvalue weighted by Gasteiger charge is 2.47. The maximum Gasteiger partial charge on any atom is 0.262 e. The fourth-order valence-electron chi connectivity index (χ4n) is 3.89. The molecule has 1 aromatic carbocycles. The van der Waals surface area contributed by atoms with Crippen molar-refractivity contribution in [1.82, 2.24) is 10.2 Å². The first-order valence-corrected chi connectivity index (χ1v) is 7.90. The molecule has 1 N–H and O–H groups in total. The van der Waals surface area contributed by atoms with Gasteiger partial charge in [0.25, 0.3) is 11.8 Å². The van der Waals surface area contributed by atoms with E-state index in [1.165, 1.54) is 0 Å². The van der Waals surface area contributed by atoms with Crippen molar-refractivity contribution < 1.29 is 14.4 Å². The number of amides is 3. The quantitative estimate of drug-likeness (QED) is 0.805. The van der Waals surface area contributed by atoms with Crippen LogP contribution in [-0.2, 0) is 4.79 Å². The van der Waals surface area contributed by atoms with Crippen molar-refractivity contribution in [3.63, 3.8) is 0 Å². The Hall–Kier alpha value is -2.17. The molecule has 3 aliphatic rings. The number of rotatable bonds is 1. The summed E-state index contributed by atoms with van der Waals surface area (Å²) in [5.41, 5.74) is 0.732. The predicted octanol–water partition coefficient (Wildman–Crippen LogP) is 1.87. The van der Waals surface area contributed by atoms with Crippen LogP contribution in [-0.4, -0.2) is 34.2 Å². The summed E-state index contributed by atoms with van der Waals surface area (Å²) in [5.74, 6) is -0.859. The van der Waals surface area contributed by atoms with E-state index in [1.54, 1.807) is 24.3 Å². The average Bonchev–Trinajstić information content (AvgIpc) is 2.63. The van der Waals surface area contributed by atoms with Gasteiger partial charge in [0.15, 0.2) is 0 Å². The highest BCUT2D eigenvalue weighted by Crippen LogP contribution is 2.39. The minimum Gasteiger partial charge on any atom is -0.349 e. The summed E-state index contributed by atoms with van der Waals surface area (Å²) >= 11 is 0. The lowest BCUT2D eigenvalue weighted by atomic mass is 9.74. The number of benzene rings is 1. The Morgan fingerprint density at radius 3 is 2.09 bits per heavy atom. The molecule has 114 valence electrons. The number of hydrogen-bond donors (Lipinski definition) is 1. The molecule has 2 fully saturated rings. The van der Waals surface area contributed by atoms with E-state index in [-0.39, 0.29) is 23.3 Å². The SMILES string of the molecule is O=C1NC2(CCCC1N1C(=O)c3ccccc3C1=O)CCC2. The molecular formula is C17H18N2O3. The third-order valence-electron chi connectivity index (χ3n) is 5.27. The van der Waals surface area contributed by atoms with Crippen LogP contribution in [0, 0.1) is 0 Å². The largest absolute Gasteiger partial charge is 0.349 e. The minimum absolute atomic E-state index is 0.0789. The van der Waals surface area contributed by atoms with Crippen LogP contribution in [0.25, 0.3) is 0 Å². The third-order valence-corrected chi connectivity index (χ3v) is 5.27. The van der Waals surface area contributed by atoms with Gasteiger partial charge in [0.2, 0.25) is 5.91 Å². The van der Waals surface area contributed by atoms with Gasteiger partial charge in [-0.15, -0.1) is 0 Å². The Bertz CT molecular complexity index is 643. The van der Waals surface area contributed by atoms with Gasteiger partial charge in [0, 0.05) is 5.54 Å². The van der Waals surface area contributed by atoms with E-state index in [9.17, 15) is 14.4 Å². The number of nitrogens with one attached hydrogen (secondary N) is 1. The summed E-state index contributed by atoms with van der Waals surface area (Å²) in [6.45, 7) is 0. The van der Waals surface area contributed by atoms with Crippen LogP contribution in [0.15, 0.2) is 24.3 Å². The second-order valence-electron chi connectivity index (χ2n) is 6.56. The van der Waals surface area contributed by atoms with Crippen LogP contribution < -0.4 is 5.32 Å². The lowest BCUT2D eigenvalue weighted by Gasteiger charge is -2.42. The molecule has 1 atom stereocenters. The van der Waals surface area contributed by atoms with E-state index in [0.29, 0.717) is 17.5 Å². The van der Waals surface area contributed by atoms with Crippen LogP contribution in [0.1, 0.15) is 59.2 Å². The van der Waals surface area contributed by atoms with Crippen molar-refractivity contribution in [3.8, 4) is 0 Å². The number of carbonyl (C=O) groups is 3. The van der Waals surface area contributed by atoms with Gasteiger partial charge >= 0.3 is 0 Å². The van der Waals surface area contributed by atoms with Crippen molar-refractivity contribution in [1.29, 1.82) is 0 Å². The number of fused-ring (bicyclic) bond motifs is 1. The summed E-state index contributed by atoms with van der Waals surface area (Å²) < 4.78 is 0. The van der Waals surface area contributed by atoms with Crippen LogP contribution in [0.4, 0.5) is 0 Å². The highest BCUT2D eigenvalue weighted by molar-refractivity contribution is 6.22. The van der Waals surface area contributed by atoms with E-state index in [2.05, 4.69) is 5.32 Å². The fraction of sp³-hybridized carbons (Fsp3) is 0.471. The van der Waals surface area contributed by atoms with Gasteiger partial charge in [-0.3, -0.25) is 19.3 Å². The standard InChI is InChI=1S/C17H18N2O3/c20-14-13(7-3-8-17(18-14)9-4-10-17)19-15(21)11-5-1-2-6-12(11)16(19)22/h1-2,5-6,13H,3-4,7-10H2,(H,18,20). The minimum atomic E-state index is -0.674. The van der Waals surface area contributed by atoms with Gasteiger partial charge in [0.1, 0.15) is 6.04 Å². The van der Waals surface area contributed by atoms with Crippen LogP contribution in [0.5, 0.6) is 0 Å². The topological polar surface area (TPSA) is 66.5 Å². The fourth-order valence-corrected chi connectivity index (χ4v) is 3.89. The molecule has 1 aromatic rings. The summed E-state index contributed by atoms with van der Waals surface area (Å²) in [6.07, 6.45) is 5.51. The molecule has 1 saturated heterocycles.